The van der Waals surface area contributed by atoms with Gasteiger partial charge in [-0.25, -0.2) is 4.98 Å². The first-order chi connectivity index (χ1) is 12.0. The van der Waals surface area contributed by atoms with Crippen LogP contribution in [-0.2, 0) is 0 Å². The first-order valence-electron chi connectivity index (χ1n) is 7.84. The van der Waals surface area contributed by atoms with E-state index in [1.165, 1.54) is 0 Å². The lowest BCUT2D eigenvalue weighted by molar-refractivity contribution is 0.417. The number of methoxy groups -OCH3 is 1. The molecule has 0 aliphatic heterocycles. The smallest absolute Gasteiger partial charge is 0.229 e. The highest BCUT2D eigenvalue weighted by Crippen LogP contribution is 2.28. The summed E-state index contributed by atoms with van der Waals surface area (Å²) in [5, 5.41) is 7.17. The summed E-state index contributed by atoms with van der Waals surface area (Å²) < 4.78 is 5.37. The van der Waals surface area contributed by atoms with Gasteiger partial charge in [0.2, 0.25) is 5.95 Å². The van der Waals surface area contributed by atoms with Crippen molar-refractivity contribution >= 4 is 34.7 Å². The minimum absolute atomic E-state index is 0.503. The zero-order valence-corrected chi connectivity index (χ0v) is 15.1. The van der Waals surface area contributed by atoms with Gasteiger partial charge >= 0.3 is 0 Å². The topological polar surface area (TPSA) is 59.1 Å². The number of rotatable bonds is 5. The molecule has 0 saturated carbocycles. The number of para-hydroxylation sites is 2. The fourth-order valence-corrected chi connectivity index (χ4v) is 2.60. The van der Waals surface area contributed by atoms with Crippen molar-refractivity contribution in [3.63, 3.8) is 0 Å². The summed E-state index contributed by atoms with van der Waals surface area (Å²) in [7, 11) is 1.64. The number of halogens is 1. The molecule has 0 fully saturated rings. The van der Waals surface area contributed by atoms with Crippen molar-refractivity contribution in [2.24, 2.45) is 0 Å². The number of benzene rings is 2. The second-order valence-corrected chi connectivity index (χ2v) is 6.06. The average molecular weight is 355 g/mol. The zero-order valence-electron chi connectivity index (χ0n) is 14.3. The summed E-state index contributed by atoms with van der Waals surface area (Å²) >= 11 is 6.08. The predicted octanol–water partition coefficient (Wildman–Crippen LogP) is 5.24. The van der Waals surface area contributed by atoms with Crippen LogP contribution >= 0.6 is 11.6 Å². The van der Waals surface area contributed by atoms with Crippen molar-refractivity contribution in [3.8, 4) is 5.75 Å². The lowest BCUT2D eigenvalue weighted by Gasteiger charge is -2.13. The lowest BCUT2D eigenvalue weighted by Crippen LogP contribution is -2.03. The molecule has 2 N–H and O–H groups in total. The molecular formula is C19H19ClN4O. The number of aryl methyl sites for hydroxylation is 2. The van der Waals surface area contributed by atoms with Crippen molar-refractivity contribution < 1.29 is 4.74 Å². The molecule has 0 spiro atoms. The molecule has 6 heteroatoms. The maximum absolute atomic E-state index is 6.08. The Morgan fingerprint density at radius 1 is 0.920 bits per heavy atom. The van der Waals surface area contributed by atoms with E-state index in [1.54, 1.807) is 7.11 Å². The van der Waals surface area contributed by atoms with Crippen molar-refractivity contribution in [2.45, 2.75) is 13.8 Å². The molecule has 25 heavy (non-hydrogen) atoms. The maximum atomic E-state index is 6.08. The molecule has 1 aromatic heterocycles. The molecule has 0 radical (unpaired) electrons. The minimum Gasteiger partial charge on any atom is -0.495 e. The summed E-state index contributed by atoms with van der Waals surface area (Å²) in [5.41, 5.74) is 3.62. The minimum atomic E-state index is 0.503. The third-order valence-electron chi connectivity index (χ3n) is 3.67. The number of hydrogen-bond acceptors (Lipinski definition) is 5. The van der Waals surface area contributed by atoms with Gasteiger partial charge in [-0.1, -0.05) is 29.8 Å². The molecule has 0 amide bonds. The fraction of sp³-hybridized carbons (Fsp3) is 0.158. The van der Waals surface area contributed by atoms with E-state index in [9.17, 15) is 0 Å². The van der Waals surface area contributed by atoms with Gasteiger partial charge in [0.05, 0.1) is 12.8 Å². The third-order valence-corrected chi connectivity index (χ3v) is 3.91. The first kappa shape index (κ1) is 17.0. The van der Waals surface area contributed by atoms with Crippen LogP contribution in [0.1, 0.15) is 11.3 Å². The van der Waals surface area contributed by atoms with Crippen LogP contribution in [0.2, 0.25) is 5.02 Å². The van der Waals surface area contributed by atoms with Crippen LogP contribution in [0.15, 0.2) is 48.5 Å². The van der Waals surface area contributed by atoms with E-state index in [1.807, 2.05) is 62.4 Å². The molecule has 2 aromatic carbocycles. The number of nitrogens with one attached hydrogen (secondary N) is 2. The van der Waals surface area contributed by atoms with Crippen molar-refractivity contribution in [1.29, 1.82) is 0 Å². The lowest BCUT2D eigenvalue weighted by atomic mass is 10.2. The monoisotopic (exact) mass is 354 g/mol. The molecule has 3 rings (SSSR count). The Labute approximate surface area is 152 Å². The highest BCUT2D eigenvalue weighted by atomic mass is 35.5. The quantitative estimate of drug-likeness (QED) is 0.656. The van der Waals surface area contributed by atoms with Crippen LogP contribution in [-0.4, -0.2) is 17.1 Å². The van der Waals surface area contributed by atoms with Crippen LogP contribution in [0, 0.1) is 13.8 Å². The van der Waals surface area contributed by atoms with Gasteiger partial charge in [-0.05, 0) is 43.7 Å². The van der Waals surface area contributed by atoms with Crippen molar-refractivity contribution in [3.05, 3.63) is 64.8 Å². The Kier molecular flexibility index (Phi) is 5.05. The molecule has 0 bridgehead atoms. The normalized spacial score (nSPS) is 10.4. The highest BCUT2D eigenvalue weighted by molar-refractivity contribution is 6.30. The van der Waals surface area contributed by atoms with Crippen LogP contribution in [0.5, 0.6) is 5.75 Å². The largest absolute Gasteiger partial charge is 0.495 e. The Balaban J connectivity index is 1.89. The SMILES string of the molecule is COc1ccccc1Nc1cc(C)nc(Nc2cc(Cl)ccc2C)n1. The Morgan fingerprint density at radius 2 is 1.72 bits per heavy atom. The first-order valence-corrected chi connectivity index (χ1v) is 8.22. The van der Waals surface area contributed by atoms with Gasteiger partial charge in [-0.2, -0.15) is 4.98 Å². The maximum Gasteiger partial charge on any atom is 0.229 e. The number of anilines is 4. The van der Waals surface area contributed by atoms with E-state index in [2.05, 4.69) is 20.6 Å². The molecule has 0 saturated heterocycles. The second-order valence-electron chi connectivity index (χ2n) is 5.63. The van der Waals surface area contributed by atoms with Gasteiger partial charge in [0.15, 0.2) is 0 Å². The van der Waals surface area contributed by atoms with Gasteiger partial charge in [0, 0.05) is 22.5 Å². The third kappa shape index (κ3) is 4.19. The van der Waals surface area contributed by atoms with Crippen LogP contribution in [0.4, 0.5) is 23.1 Å². The molecule has 0 aliphatic rings. The van der Waals surface area contributed by atoms with Gasteiger partial charge in [0.1, 0.15) is 11.6 Å². The van der Waals surface area contributed by atoms with E-state index in [4.69, 9.17) is 16.3 Å². The second kappa shape index (κ2) is 7.40. The van der Waals surface area contributed by atoms with Crippen molar-refractivity contribution in [1.82, 2.24) is 9.97 Å². The van der Waals surface area contributed by atoms with Crippen LogP contribution in [0.3, 0.4) is 0 Å². The Hall–Kier alpha value is -2.79. The summed E-state index contributed by atoms with van der Waals surface area (Å²) in [4.78, 5) is 8.99. The number of hydrogen-bond donors (Lipinski definition) is 2. The van der Waals surface area contributed by atoms with Gasteiger partial charge < -0.3 is 15.4 Å². The van der Waals surface area contributed by atoms with Crippen molar-refractivity contribution in [2.75, 3.05) is 17.7 Å². The Bertz CT molecular complexity index is 898. The average Bonchev–Trinajstić information content (AvgIpc) is 2.58. The van der Waals surface area contributed by atoms with E-state index in [-0.39, 0.29) is 0 Å². The molecule has 0 unspecified atom stereocenters. The van der Waals surface area contributed by atoms with Crippen LogP contribution in [0.25, 0.3) is 0 Å². The molecule has 0 atom stereocenters. The van der Waals surface area contributed by atoms with Gasteiger partial charge in [-0.15, -0.1) is 0 Å². The van der Waals surface area contributed by atoms with Crippen LogP contribution < -0.4 is 15.4 Å². The van der Waals surface area contributed by atoms with E-state index in [0.717, 1.165) is 28.4 Å². The molecule has 0 aliphatic carbocycles. The number of ether oxygens (including phenoxy) is 1. The Morgan fingerprint density at radius 3 is 2.52 bits per heavy atom. The van der Waals surface area contributed by atoms with E-state index in [0.29, 0.717) is 16.8 Å². The van der Waals surface area contributed by atoms with E-state index >= 15 is 0 Å². The standard InChI is InChI=1S/C19H19ClN4O/c1-12-8-9-14(20)11-16(12)23-19-21-13(2)10-18(24-19)22-15-6-4-5-7-17(15)25-3/h4-11H,1-3H3,(H2,21,22,23,24). The predicted molar refractivity (Wildman–Crippen MR) is 103 cm³/mol. The number of nitrogens with zero attached hydrogens (tertiary/aromatic N) is 2. The van der Waals surface area contributed by atoms with Gasteiger partial charge in [0.25, 0.3) is 0 Å². The fourth-order valence-electron chi connectivity index (χ4n) is 2.42. The summed E-state index contributed by atoms with van der Waals surface area (Å²) in [6.07, 6.45) is 0. The molecule has 1 heterocycles. The number of aromatic nitrogens is 2. The molecule has 128 valence electrons. The molecule has 5 nitrogen and oxygen atoms in total. The zero-order chi connectivity index (χ0) is 17.8. The van der Waals surface area contributed by atoms with E-state index < -0.39 is 0 Å². The van der Waals surface area contributed by atoms with Gasteiger partial charge in [-0.3, -0.25) is 0 Å². The summed E-state index contributed by atoms with van der Waals surface area (Å²) in [5.74, 6) is 1.93. The molecular weight excluding hydrogens is 336 g/mol. The molecule has 3 aromatic rings. The summed E-state index contributed by atoms with van der Waals surface area (Å²) in [6.45, 7) is 3.92. The highest BCUT2D eigenvalue weighted by Gasteiger charge is 2.08. The summed E-state index contributed by atoms with van der Waals surface area (Å²) in [6, 6.07) is 15.2.